The number of rotatable bonds is 8. The molecule has 1 rings (SSSR count). The quantitative estimate of drug-likeness (QED) is 0.680. The van der Waals surface area contributed by atoms with E-state index in [1.54, 1.807) is 0 Å². The molecule has 0 heterocycles. The SMILES string of the molecule is CCCCC[C@H](O)c1cccc(CCCN)c1. The molecular weight excluding hydrogens is 210 g/mol. The summed E-state index contributed by atoms with van der Waals surface area (Å²) >= 11 is 0. The van der Waals surface area contributed by atoms with Gasteiger partial charge in [-0.2, -0.15) is 0 Å². The van der Waals surface area contributed by atoms with Gasteiger partial charge in [-0.1, -0.05) is 50.5 Å². The number of aryl methyl sites for hydroxylation is 1. The van der Waals surface area contributed by atoms with Crippen LogP contribution >= 0.6 is 0 Å². The van der Waals surface area contributed by atoms with Gasteiger partial charge in [-0.25, -0.2) is 0 Å². The van der Waals surface area contributed by atoms with Gasteiger partial charge in [0.15, 0.2) is 0 Å². The fourth-order valence-electron chi connectivity index (χ4n) is 2.02. The number of hydrogen-bond acceptors (Lipinski definition) is 2. The zero-order valence-electron chi connectivity index (χ0n) is 10.9. The van der Waals surface area contributed by atoms with Gasteiger partial charge in [0, 0.05) is 0 Å². The molecule has 0 aliphatic heterocycles. The first-order valence-corrected chi connectivity index (χ1v) is 6.75. The molecule has 2 nitrogen and oxygen atoms in total. The summed E-state index contributed by atoms with van der Waals surface area (Å²) in [5.74, 6) is 0. The second kappa shape index (κ2) is 8.26. The van der Waals surface area contributed by atoms with Crippen molar-refractivity contribution in [2.75, 3.05) is 6.54 Å². The van der Waals surface area contributed by atoms with Crippen molar-refractivity contribution in [3.05, 3.63) is 35.4 Å². The molecule has 0 saturated heterocycles. The summed E-state index contributed by atoms with van der Waals surface area (Å²) in [7, 11) is 0. The van der Waals surface area contributed by atoms with Crippen LogP contribution in [-0.4, -0.2) is 11.7 Å². The smallest absolute Gasteiger partial charge is 0.0790 e. The molecule has 0 spiro atoms. The third kappa shape index (κ3) is 5.33. The largest absolute Gasteiger partial charge is 0.388 e. The van der Waals surface area contributed by atoms with E-state index in [4.69, 9.17) is 5.73 Å². The third-order valence-corrected chi connectivity index (χ3v) is 3.09. The Morgan fingerprint density at radius 2 is 2.06 bits per heavy atom. The lowest BCUT2D eigenvalue weighted by molar-refractivity contribution is 0.163. The molecule has 0 aliphatic rings. The lowest BCUT2D eigenvalue weighted by atomic mass is 9.99. The average molecular weight is 235 g/mol. The Bertz CT molecular complexity index is 312. The van der Waals surface area contributed by atoms with Crippen molar-refractivity contribution < 1.29 is 5.11 Å². The molecule has 0 saturated carbocycles. The number of unbranched alkanes of at least 4 members (excludes halogenated alkanes) is 2. The summed E-state index contributed by atoms with van der Waals surface area (Å²) < 4.78 is 0. The standard InChI is InChI=1S/C15H25NO/c1-2-3-4-10-15(17)14-9-5-7-13(12-14)8-6-11-16/h5,7,9,12,15,17H,2-4,6,8,10-11,16H2,1H3/t15-/m0/s1. The summed E-state index contributed by atoms with van der Waals surface area (Å²) in [5, 5.41) is 10.1. The van der Waals surface area contributed by atoms with Crippen LogP contribution < -0.4 is 5.73 Å². The summed E-state index contributed by atoms with van der Waals surface area (Å²) in [6.45, 7) is 2.91. The van der Waals surface area contributed by atoms with E-state index in [9.17, 15) is 5.11 Å². The van der Waals surface area contributed by atoms with Gasteiger partial charge in [0.2, 0.25) is 0 Å². The van der Waals surface area contributed by atoms with Gasteiger partial charge >= 0.3 is 0 Å². The topological polar surface area (TPSA) is 46.2 Å². The zero-order chi connectivity index (χ0) is 12.5. The second-order valence-corrected chi connectivity index (χ2v) is 4.65. The van der Waals surface area contributed by atoms with E-state index in [1.165, 1.54) is 18.4 Å². The molecule has 0 radical (unpaired) electrons. The Hall–Kier alpha value is -0.860. The summed E-state index contributed by atoms with van der Waals surface area (Å²) in [6, 6.07) is 8.27. The number of aliphatic hydroxyl groups is 1. The number of nitrogens with two attached hydrogens (primary N) is 1. The molecule has 0 bridgehead atoms. The van der Waals surface area contributed by atoms with Gasteiger partial charge in [0.1, 0.15) is 0 Å². The van der Waals surface area contributed by atoms with E-state index in [2.05, 4.69) is 19.1 Å². The van der Waals surface area contributed by atoms with Crippen LogP contribution in [0.4, 0.5) is 0 Å². The van der Waals surface area contributed by atoms with Crippen LogP contribution in [0.3, 0.4) is 0 Å². The highest BCUT2D eigenvalue weighted by Gasteiger charge is 2.07. The first-order chi connectivity index (χ1) is 8.27. The zero-order valence-corrected chi connectivity index (χ0v) is 10.9. The fraction of sp³-hybridized carbons (Fsp3) is 0.600. The van der Waals surface area contributed by atoms with Crippen molar-refractivity contribution in [3.8, 4) is 0 Å². The first-order valence-electron chi connectivity index (χ1n) is 6.75. The van der Waals surface area contributed by atoms with Gasteiger partial charge in [-0.3, -0.25) is 0 Å². The molecule has 96 valence electrons. The van der Waals surface area contributed by atoms with Crippen molar-refractivity contribution in [2.24, 2.45) is 5.73 Å². The molecule has 0 aromatic heterocycles. The van der Waals surface area contributed by atoms with Gasteiger partial charge in [0.05, 0.1) is 6.10 Å². The third-order valence-electron chi connectivity index (χ3n) is 3.09. The average Bonchev–Trinajstić information content (AvgIpc) is 2.37. The summed E-state index contributed by atoms with van der Waals surface area (Å²) in [6.07, 6.45) is 6.08. The van der Waals surface area contributed by atoms with Gasteiger partial charge in [0.25, 0.3) is 0 Å². The number of aliphatic hydroxyl groups excluding tert-OH is 1. The monoisotopic (exact) mass is 235 g/mol. The highest BCUT2D eigenvalue weighted by molar-refractivity contribution is 5.25. The molecule has 0 unspecified atom stereocenters. The molecule has 1 aromatic rings. The predicted octanol–water partition coefficient (Wildman–Crippen LogP) is 3.19. The van der Waals surface area contributed by atoms with Crippen molar-refractivity contribution in [2.45, 2.75) is 51.6 Å². The van der Waals surface area contributed by atoms with Gasteiger partial charge in [-0.15, -0.1) is 0 Å². The van der Waals surface area contributed by atoms with E-state index in [0.29, 0.717) is 0 Å². The lowest BCUT2D eigenvalue weighted by Crippen LogP contribution is -2.02. The minimum Gasteiger partial charge on any atom is -0.388 e. The van der Waals surface area contributed by atoms with Gasteiger partial charge < -0.3 is 10.8 Å². The lowest BCUT2D eigenvalue weighted by Gasteiger charge is -2.12. The van der Waals surface area contributed by atoms with Crippen molar-refractivity contribution in [3.63, 3.8) is 0 Å². The molecular formula is C15H25NO. The van der Waals surface area contributed by atoms with Crippen LogP contribution in [0.25, 0.3) is 0 Å². The van der Waals surface area contributed by atoms with Crippen LogP contribution in [0.5, 0.6) is 0 Å². The minimum atomic E-state index is -0.306. The Kier molecular flexibility index (Phi) is 6.90. The van der Waals surface area contributed by atoms with E-state index >= 15 is 0 Å². The maximum Gasteiger partial charge on any atom is 0.0790 e. The van der Waals surface area contributed by atoms with Crippen molar-refractivity contribution in [1.29, 1.82) is 0 Å². The molecule has 1 atom stereocenters. The maximum absolute atomic E-state index is 10.1. The summed E-state index contributed by atoms with van der Waals surface area (Å²) in [4.78, 5) is 0. The first kappa shape index (κ1) is 14.2. The Morgan fingerprint density at radius 3 is 2.76 bits per heavy atom. The van der Waals surface area contributed by atoms with Gasteiger partial charge in [-0.05, 0) is 36.9 Å². The molecule has 0 aliphatic carbocycles. The molecule has 1 aromatic carbocycles. The summed E-state index contributed by atoms with van der Waals surface area (Å²) in [5.41, 5.74) is 7.84. The highest BCUT2D eigenvalue weighted by Crippen LogP contribution is 2.21. The second-order valence-electron chi connectivity index (χ2n) is 4.65. The van der Waals surface area contributed by atoms with Crippen LogP contribution in [0.15, 0.2) is 24.3 Å². The Labute approximate surface area is 105 Å². The predicted molar refractivity (Wildman–Crippen MR) is 72.9 cm³/mol. The van der Waals surface area contributed by atoms with Crippen LogP contribution in [-0.2, 0) is 6.42 Å². The van der Waals surface area contributed by atoms with Crippen LogP contribution in [0.2, 0.25) is 0 Å². The van der Waals surface area contributed by atoms with E-state index in [-0.39, 0.29) is 6.10 Å². The normalized spacial score (nSPS) is 12.6. The van der Waals surface area contributed by atoms with E-state index < -0.39 is 0 Å². The van der Waals surface area contributed by atoms with E-state index in [1.807, 2.05) is 12.1 Å². The molecule has 2 heteroatoms. The number of benzene rings is 1. The van der Waals surface area contributed by atoms with Crippen LogP contribution in [0.1, 0.15) is 56.3 Å². The Balaban J connectivity index is 2.51. The highest BCUT2D eigenvalue weighted by atomic mass is 16.3. The minimum absolute atomic E-state index is 0.306. The van der Waals surface area contributed by atoms with Crippen LogP contribution in [0, 0.1) is 0 Å². The number of hydrogen-bond donors (Lipinski definition) is 2. The fourth-order valence-corrected chi connectivity index (χ4v) is 2.02. The molecule has 0 fully saturated rings. The Morgan fingerprint density at radius 1 is 1.24 bits per heavy atom. The molecule has 17 heavy (non-hydrogen) atoms. The molecule has 3 N–H and O–H groups in total. The van der Waals surface area contributed by atoms with Crippen molar-refractivity contribution in [1.82, 2.24) is 0 Å². The molecule has 0 amide bonds. The van der Waals surface area contributed by atoms with Crippen molar-refractivity contribution >= 4 is 0 Å². The maximum atomic E-state index is 10.1. The van der Waals surface area contributed by atoms with E-state index in [0.717, 1.165) is 37.8 Å².